The van der Waals surface area contributed by atoms with Crippen molar-refractivity contribution in [2.24, 2.45) is 20.9 Å². The minimum absolute atomic E-state index is 0.0110. The van der Waals surface area contributed by atoms with Crippen LogP contribution >= 0.6 is 23.3 Å². The van der Waals surface area contributed by atoms with E-state index in [1.165, 1.54) is 25.6 Å². The van der Waals surface area contributed by atoms with Crippen LogP contribution in [0.1, 0.15) is 50.6 Å². The Morgan fingerprint density at radius 2 is 1.98 bits per heavy atom. The van der Waals surface area contributed by atoms with Crippen molar-refractivity contribution in [3.63, 3.8) is 0 Å². The number of nitrogens with zero attached hydrogens (tertiary/aromatic N) is 7. The maximum absolute atomic E-state index is 13.5. The quantitative estimate of drug-likeness (QED) is 0.0688. The number of hydrogen-bond acceptors (Lipinski definition) is 15. The van der Waals surface area contributed by atoms with Gasteiger partial charge < -0.3 is 42.1 Å². The van der Waals surface area contributed by atoms with Crippen LogP contribution in [-0.4, -0.2) is 119 Å². The molecule has 2 saturated heterocycles. The van der Waals surface area contributed by atoms with Gasteiger partial charge in [-0.2, -0.15) is 9.36 Å². The van der Waals surface area contributed by atoms with E-state index in [1.54, 1.807) is 0 Å². The number of nitrogens with one attached hydrogen (secondary N) is 2. The number of carboxylic acids is 2. The average Bonchev–Trinajstić information content (AvgIpc) is 3.79. The molecular formula is C37H43N11O7S2. The van der Waals surface area contributed by atoms with Crippen LogP contribution in [0.25, 0.3) is 0 Å². The highest BCUT2D eigenvalue weighted by Gasteiger charge is 2.54. The molecule has 4 aliphatic heterocycles. The van der Waals surface area contributed by atoms with Gasteiger partial charge in [0.05, 0.1) is 24.0 Å². The minimum atomic E-state index is -1.81. The summed E-state index contributed by atoms with van der Waals surface area (Å²) in [6, 6.07) is 7.00. The third-order valence-corrected chi connectivity index (χ3v) is 11.2. The van der Waals surface area contributed by atoms with Gasteiger partial charge in [-0.25, -0.2) is 9.59 Å². The van der Waals surface area contributed by atoms with Gasteiger partial charge in [-0.3, -0.25) is 24.5 Å². The third kappa shape index (κ3) is 9.24. The van der Waals surface area contributed by atoms with Gasteiger partial charge in [0.1, 0.15) is 22.9 Å². The number of carbonyl (C=O) groups is 4. The van der Waals surface area contributed by atoms with E-state index in [9.17, 15) is 29.4 Å². The molecule has 0 spiro atoms. The summed E-state index contributed by atoms with van der Waals surface area (Å²) in [6.07, 6.45) is 11.6. The molecule has 0 saturated carbocycles. The summed E-state index contributed by atoms with van der Waals surface area (Å²) in [6.45, 7) is 6.75. The number of carboxylic acid groups (broad SMARTS) is 2. The first kappa shape index (κ1) is 40.8. The van der Waals surface area contributed by atoms with Crippen LogP contribution in [0.3, 0.4) is 0 Å². The Morgan fingerprint density at radius 1 is 1.21 bits per heavy atom. The number of aliphatic imine (C=N–C) groups is 2. The first-order chi connectivity index (χ1) is 27.3. The van der Waals surface area contributed by atoms with Gasteiger partial charge in [-0.05, 0) is 63.4 Å². The maximum Gasteiger partial charge on any atom is 0.352 e. The number of benzene rings is 1. The van der Waals surface area contributed by atoms with Crippen molar-refractivity contribution >= 4 is 69.4 Å². The second-order valence-corrected chi connectivity index (χ2v) is 15.7. The molecule has 20 heteroatoms. The topological polar surface area (TPSA) is 263 Å². The third-order valence-electron chi connectivity index (χ3n) is 9.35. The Kier molecular flexibility index (Phi) is 12.5. The van der Waals surface area contributed by atoms with Crippen molar-refractivity contribution in [2.75, 3.05) is 31.1 Å². The monoisotopic (exact) mass is 817 g/mol. The van der Waals surface area contributed by atoms with Gasteiger partial charge in [0.15, 0.2) is 5.13 Å². The van der Waals surface area contributed by atoms with Crippen molar-refractivity contribution in [3.8, 4) is 0 Å². The summed E-state index contributed by atoms with van der Waals surface area (Å²) in [5.41, 5.74) is 13.3. The van der Waals surface area contributed by atoms with Gasteiger partial charge in [-0.15, -0.1) is 11.8 Å². The number of hydrogen-bond donors (Lipinski definition) is 6. The second-order valence-electron chi connectivity index (χ2n) is 13.9. The summed E-state index contributed by atoms with van der Waals surface area (Å²) < 4.78 is 3.97. The molecule has 0 radical (unpaired) electrons. The molecule has 0 aliphatic carbocycles. The summed E-state index contributed by atoms with van der Waals surface area (Å²) in [4.78, 5) is 72.8. The Labute approximate surface area is 336 Å². The molecule has 8 N–H and O–H groups in total. The van der Waals surface area contributed by atoms with Crippen molar-refractivity contribution < 1.29 is 34.2 Å². The van der Waals surface area contributed by atoms with Gasteiger partial charge in [0, 0.05) is 42.1 Å². The Balaban J connectivity index is 1.14. The fourth-order valence-electron chi connectivity index (χ4n) is 6.21. The summed E-state index contributed by atoms with van der Waals surface area (Å²) in [7, 11) is 0. The summed E-state index contributed by atoms with van der Waals surface area (Å²) in [5, 5.41) is 28.6. The number of nitrogen functional groups attached to an aromatic ring is 1. The number of carbonyl (C=O) groups excluding carboxylic acids is 2. The van der Waals surface area contributed by atoms with Gasteiger partial charge in [0.25, 0.3) is 11.8 Å². The Bertz CT molecular complexity index is 2130. The van der Waals surface area contributed by atoms with Gasteiger partial charge in [0.2, 0.25) is 17.1 Å². The first-order valence-corrected chi connectivity index (χ1v) is 19.9. The number of piperidine rings is 1. The average molecular weight is 818 g/mol. The van der Waals surface area contributed by atoms with Crippen molar-refractivity contribution in [3.05, 3.63) is 88.7 Å². The molecule has 1 unspecified atom stereocenters. The van der Waals surface area contributed by atoms with E-state index in [0.29, 0.717) is 23.7 Å². The highest BCUT2D eigenvalue weighted by molar-refractivity contribution is 8.00. The number of fused-ring (bicyclic) bond motifs is 1. The summed E-state index contributed by atoms with van der Waals surface area (Å²) in [5.74, 6) is -3.75. The number of aliphatic carboxylic acids is 2. The minimum Gasteiger partial charge on any atom is -0.478 e. The number of aromatic nitrogens is 2. The van der Waals surface area contributed by atoms with Crippen molar-refractivity contribution in [2.45, 2.75) is 63.2 Å². The number of anilines is 1. The smallest absolute Gasteiger partial charge is 0.352 e. The molecule has 1 aromatic heterocycles. The zero-order valence-corrected chi connectivity index (χ0v) is 33.0. The molecule has 2 amide bonds. The van der Waals surface area contributed by atoms with Crippen LogP contribution in [0, 0.1) is 0 Å². The van der Waals surface area contributed by atoms with Gasteiger partial charge in [-0.1, -0.05) is 41.6 Å². The van der Waals surface area contributed by atoms with Crippen LogP contribution in [-0.2, 0) is 30.6 Å². The number of rotatable bonds is 14. The molecule has 57 heavy (non-hydrogen) atoms. The largest absolute Gasteiger partial charge is 0.478 e. The number of β-lactam (4-membered cyclic amide) rings is 1. The molecule has 2 aromatic rings. The molecule has 1 aromatic carbocycles. The van der Waals surface area contributed by atoms with Crippen LogP contribution in [0.4, 0.5) is 5.13 Å². The van der Waals surface area contributed by atoms with E-state index < -0.39 is 46.5 Å². The van der Waals surface area contributed by atoms with E-state index in [2.05, 4.69) is 25.1 Å². The van der Waals surface area contributed by atoms with Gasteiger partial charge >= 0.3 is 11.9 Å². The number of amides is 2. The van der Waals surface area contributed by atoms with E-state index in [0.717, 1.165) is 59.2 Å². The predicted octanol–water partition coefficient (Wildman–Crippen LogP) is 1.83. The first-order valence-electron chi connectivity index (χ1n) is 18.0. The number of thioether (sulfide) groups is 1. The molecule has 3 atom stereocenters. The number of oxime groups is 1. The number of amidine groups is 1. The molecule has 2 fully saturated rings. The Morgan fingerprint density at radius 3 is 2.63 bits per heavy atom. The highest BCUT2D eigenvalue weighted by Crippen LogP contribution is 2.40. The molecule has 5 heterocycles. The lowest BCUT2D eigenvalue weighted by Crippen LogP contribution is -2.71. The predicted molar refractivity (Wildman–Crippen MR) is 216 cm³/mol. The van der Waals surface area contributed by atoms with Crippen LogP contribution in [0.2, 0.25) is 0 Å². The van der Waals surface area contributed by atoms with E-state index in [-0.39, 0.29) is 35.0 Å². The fourth-order valence-corrected chi connectivity index (χ4v) is 7.98. The van der Waals surface area contributed by atoms with Crippen LogP contribution < -0.4 is 22.1 Å². The lowest BCUT2D eigenvalue weighted by molar-refractivity contribution is -0.161. The lowest BCUT2D eigenvalue weighted by Gasteiger charge is -2.49. The zero-order chi connectivity index (χ0) is 40.9. The lowest BCUT2D eigenvalue weighted by atomic mass is 10.0. The number of nitrogens with two attached hydrogens (primary N) is 2. The molecular weight excluding hydrogens is 775 g/mol. The molecule has 4 aliphatic rings. The number of allylic oxidation sites excluding steroid dienone is 4. The summed E-state index contributed by atoms with van der Waals surface area (Å²) >= 11 is 2.04. The highest BCUT2D eigenvalue weighted by atomic mass is 32.2. The standard InChI is InChI=1S/C37H43N11O7S2/c1-4-5-8-25-24(13-15-47(25)18-20-9-11-21(12-10-20)29(38)42-23-7-6-14-40-17-23)41-16-22-19-56-33-27(32(50)48(33)28(22)34(51)52)43-31(49)26(30-44-36(39)57-46-30)45-55-37(2,3)35(53)54/h4-5,8-13,15,23,27,33,40H,6-7,14,16-19H2,1-3H3,(H2,38,42)(H,43,49)(H,51,52)(H,53,54)(H2,39,44,46)/b5-4-,25-8?,41-24?,45-26-/t23?,27-,33-/m1/s1. The van der Waals surface area contributed by atoms with E-state index in [4.69, 9.17) is 26.3 Å². The fraction of sp³-hybridized carbons (Fsp3) is 0.378. The maximum atomic E-state index is 13.5. The normalized spacial score (nSPS) is 23.0. The van der Waals surface area contributed by atoms with Crippen LogP contribution in [0.5, 0.6) is 0 Å². The molecule has 0 bridgehead atoms. The van der Waals surface area contributed by atoms with E-state index in [1.807, 2.05) is 66.6 Å². The van der Waals surface area contributed by atoms with Crippen LogP contribution in [0.15, 0.2) is 86.9 Å². The van der Waals surface area contributed by atoms with Crippen molar-refractivity contribution in [1.82, 2.24) is 29.8 Å². The second kappa shape index (κ2) is 17.5. The van der Waals surface area contributed by atoms with E-state index >= 15 is 0 Å². The Hall–Kier alpha value is -5.86. The SMILES string of the molecule is C/C=C\C=C1C(=NCC2=C(C(=O)O)N3C(=O)[C@@H](NC(=O)/C(=N\OC(C)(C)C(=O)O)c4nsc(N)n4)[C@H]3SC2)C=CN1Cc1ccc(C(N)=NC2CCCNC2)cc1. The van der Waals surface area contributed by atoms with Crippen molar-refractivity contribution in [1.29, 1.82) is 0 Å². The molecule has 6 rings (SSSR count). The molecule has 300 valence electrons. The molecule has 18 nitrogen and oxygen atoms in total. The zero-order valence-electron chi connectivity index (χ0n) is 31.4.